The normalized spacial score (nSPS) is 12.8. The smallest absolute Gasteiger partial charge is 0.178 e. The molecule has 0 aromatic rings. The Kier molecular flexibility index (Phi) is 12.6. The van der Waals surface area contributed by atoms with Crippen molar-refractivity contribution < 1.29 is 4.79 Å². The van der Waals surface area contributed by atoms with Gasteiger partial charge in [-0.1, -0.05) is 64.5 Å². The first-order valence-electron chi connectivity index (χ1n) is 8.60. The largest absolute Gasteiger partial charge is 0.290 e. The molecule has 0 aromatic heterocycles. The molecule has 0 aliphatic rings. The van der Waals surface area contributed by atoms with Gasteiger partial charge in [-0.3, -0.25) is 4.79 Å². The van der Waals surface area contributed by atoms with Gasteiger partial charge in [0, 0.05) is 0 Å². The summed E-state index contributed by atoms with van der Waals surface area (Å²) in [4.78, 5) is 12.2. The Bertz CT molecular complexity index is 280. The molecule has 0 N–H and O–H groups in total. The van der Waals surface area contributed by atoms with Crippen LogP contribution in [0.2, 0.25) is 0 Å². The van der Waals surface area contributed by atoms with E-state index in [1.807, 2.05) is 12.2 Å². The molecule has 0 unspecified atom stereocenters. The molecular weight excluding hydrogens is 244 g/mol. The fourth-order valence-electron chi connectivity index (χ4n) is 2.43. The van der Waals surface area contributed by atoms with Gasteiger partial charge in [-0.25, -0.2) is 0 Å². The summed E-state index contributed by atoms with van der Waals surface area (Å²) in [6, 6.07) is 0. The quantitative estimate of drug-likeness (QED) is 0.378. The third-order valence-corrected chi connectivity index (χ3v) is 3.54. The van der Waals surface area contributed by atoms with Crippen molar-refractivity contribution in [3.05, 3.63) is 23.3 Å². The third kappa shape index (κ3) is 10.00. The SMILES string of the molecule is CCCCC(=CC(=O)C=C(CCC)CCCC)CCC. The molecule has 0 aromatic carbocycles. The van der Waals surface area contributed by atoms with Gasteiger partial charge in [0.1, 0.15) is 0 Å². The van der Waals surface area contributed by atoms with Crippen molar-refractivity contribution in [3.8, 4) is 0 Å². The summed E-state index contributed by atoms with van der Waals surface area (Å²) in [7, 11) is 0. The third-order valence-electron chi connectivity index (χ3n) is 3.54. The average Bonchev–Trinajstić information content (AvgIpc) is 2.42. The number of carbonyl (C=O) groups excluding carboxylic acids is 1. The lowest BCUT2D eigenvalue weighted by molar-refractivity contribution is -0.110. The Balaban J connectivity index is 4.69. The first-order chi connectivity index (χ1) is 9.67. The van der Waals surface area contributed by atoms with E-state index in [9.17, 15) is 4.79 Å². The monoisotopic (exact) mass is 278 g/mol. The van der Waals surface area contributed by atoms with E-state index in [0.717, 1.165) is 38.5 Å². The summed E-state index contributed by atoms with van der Waals surface area (Å²) in [5.74, 6) is 0.212. The van der Waals surface area contributed by atoms with E-state index >= 15 is 0 Å². The van der Waals surface area contributed by atoms with Gasteiger partial charge >= 0.3 is 0 Å². The molecule has 1 heteroatoms. The van der Waals surface area contributed by atoms with Gasteiger partial charge in [0.15, 0.2) is 5.78 Å². The molecular formula is C19H34O. The second-order valence-electron chi connectivity index (χ2n) is 5.71. The van der Waals surface area contributed by atoms with Crippen LogP contribution in [0.5, 0.6) is 0 Å². The van der Waals surface area contributed by atoms with Gasteiger partial charge in [0.2, 0.25) is 0 Å². The summed E-state index contributed by atoms with van der Waals surface area (Å²) in [5, 5.41) is 0. The molecule has 0 radical (unpaired) electrons. The summed E-state index contributed by atoms with van der Waals surface area (Å²) >= 11 is 0. The summed E-state index contributed by atoms with van der Waals surface area (Å²) in [6.45, 7) is 8.78. The number of allylic oxidation sites excluding steroid dienone is 4. The van der Waals surface area contributed by atoms with Gasteiger partial charge in [0.25, 0.3) is 0 Å². The number of carbonyl (C=O) groups is 1. The minimum absolute atomic E-state index is 0.212. The number of hydrogen-bond donors (Lipinski definition) is 0. The van der Waals surface area contributed by atoms with Crippen LogP contribution >= 0.6 is 0 Å². The van der Waals surface area contributed by atoms with Crippen LogP contribution in [-0.4, -0.2) is 5.78 Å². The van der Waals surface area contributed by atoms with Gasteiger partial charge in [-0.05, 0) is 50.7 Å². The van der Waals surface area contributed by atoms with Crippen molar-refractivity contribution in [2.75, 3.05) is 0 Å². The van der Waals surface area contributed by atoms with E-state index in [0.29, 0.717) is 0 Å². The zero-order chi connectivity index (χ0) is 15.2. The molecule has 0 atom stereocenters. The van der Waals surface area contributed by atoms with Crippen molar-refractivity contribution in [2.45, 2.75) is 91.9 Å². The molecule has 0 spiro atoms. The van der Waals surface area contributed by atoms with Crippen LogP contribution in [0.15, 0.2) is 23.3 Å². The Labute approximate surface area is 126 Å². The first kappa shape index (κ1) is 19.1. The van der Waals surface area contributed by atoms with E-state index in [1.54, 1.807) is 0 Å². The van der Waals surface area contributed by atoms with Crippen LogP contribution < -0.4 is 0 Å². The highest BCUT2D eigenvalue weighted by Gasteiger charge is 2.03. The van der Waals surface area contributed by atoms with Crippen molar-refractivity contribution in [1.82, 2.24) is 0 Å². The van der Waals surface area contributed by atoms with E-state index in [2.05, 4.69) is 27.7 Å². The molecule has 0 saturated heterocycles. The molecule has 1 nitrogen and oxygen atoms in total. The Morgan fingerprint density at radius 3 is 1.35 bits per heavy atom. The maximum Gasteiger partial charge on any atom is 0.178 e. The Morgan fingerprint density at radius 1 is 0.650 bits per heavy atom. The number of rotatable bonds is 12. The highest BCUT2D eigenvalue weighted by molar-refractivity contribution is 6.00. The van der Waals surface area contributed by atoms with Crippen LogP contribution in [0.3, 0.4) is 0 Å². The van der Waals surface area contributed by atoms with Gasteiger partial charge in [-0.15, -0.1) is 0 Å². The molecule has 0 rings (SSSR count). The lowest BCUT2D eigenvalue weighted by Crippen LogP contribution is -1.95. The van der Waals surface area contributed by atoms with Crippen LogP contribution in [0.1, 0.15) is 91.9 Å². The van der Waals surface area contributed by atoms with Crippen molar-refractivity contribution >= 4 is 5.78 Å². The maximum atomic E-state index is 12.2. The average molecular weight is 278 g/mol. The second-order valence-corrected chi connectivity index (χ2v) is 5.71. The Morgan fingerprint density at radius 2 is 1.05 bits per heavy atom. The summed E-state index contributed by atoms with van der Waals surface area (Å²) < 4.78 is 0. The van der Waals surface area contributed by atoms with E-state index in [4.69, 9.17) is 0 Å². The van der Waals surface area contributed by atoms with E-state index < -0.39 is 0 Å². The summed E-state index contributed by atoms with van der Waals surface area (Å²) in [6.07, 6.45) is 15.2. The van der Waals surface area contributed by atoms with E-state index in [1.165, 1.54) is 36.8 Å². The molecule has 0 amide bonds. The lowest BCUT2D eigenvalue weighted by Gasteiger charge is -2.06. The minimum Gasteiger partial charge on any atom is -0.290 e. The van der Waals surface area contributed by atoms with Crippen LogP contribution in [0.4, 0.5) is 0 Å². The molecule has 0 saturated carbocycles. The minimum atomic E-state index is 0.212. The summed E-state index contributed by atoms with van der Waals surface area (Å²) in [5.41, 5.74) is 2.67. The molecule has 0 fully saturated rings. The van der Waals surface area contributed by atoms with Gasteiger partial charge in [-0.2, -0.15) is 0 Å². The molecule has 0 aliphatic heterocycles. The number of ketones is 1. The fourth-order valence-corrected chi connectivity index (χ4v) is 2.43. The second kappa shape index (κ2) is 13.1. The molecule has 0 bridgehead atoms. The highest BCUT2D eigenvalue weighted by atomic mass is 16.1. The van der Waals surface area contributed by atoms with Crippen LogP contribution in [0.25, 0.3) is 0 Å². The van der Waals surface area contributed by atoms with Crippen molar-refractivity contribution in [1.29, 1.82) is 0 Å². The van der Waals surface area contributed by atoms with E-state index in [-0.39, 0.29) is 5.78 Å². The fraction of sp³-hybridized carbons (Fsp3) is 0.737. The topological polar surface area (TPSA) is 17.1 Å². The lowest BCUT2D eigenvalue weighted by atomic mass is 9.99. The predicted octanol–water partition coefficient (Wildman–Crippen LogP) is 6.39. The maximum absolute atomic E-state index is 12.2. The predicted molar refractivity (Wildman–Crippen MR) is 90.0 cm³/mol. The van der Waals surface area contributed by atoms with Gasteiger partial charge in [0.05, 0.1) is 0 Å². The van der Waals surface area contributed by atoms with Crippen LogP contribution in [0, 0.1) is 0 Å². The molecule has 20 heavy (non-hydrogen) atoms. The number of unbranched alkanes of at least 4 members (excludes halogenated alkanes) is 2. The molecule has 0 aliphatic carbocycles. The molecule has 0 heterocycles. The van der Waals surface area contributed by atoms with Gasteiger partial charge < -0.3 is 0 Å². The first-order valence-corrected chi connectivity index (χ1v) is 8.60. The standard InChI is InChI=1S/C19H34O/c1-5-9-13-17(11-7-3)15-19(20)16-18(12-8-4)14-10-6-2/h15-16H,5-14H2,1-4H3. The van der Waals surface area contributed by atoms with Crippen molar-refractivity contribution in [3.63, 3.8) is 0 Å². The zero-order valence-electron chi connectivity index (χ0n) is 14.1. The Hall–Kier alpha value is -0.850. The molecule has 116 valence electrons. The van der Waals surface area contributed by atoms with Crippen molar-refractivity contribution in [2.24, 2.45) is 0 Å². The zero-order valence-corrected chi connectivity index (χ0v) is 14.1. The highest BCUT2D eigenvalue weighted by Crippen LogP contribution is 2.16. The number of hydrogen-bond acceptors (Lipinski definition) is 1. The van der Waals surface area contributed by atoms with Crippen LogP contribution in [-0.2, 0) is 4.79 Å².